The molecule has 104 valence electrons. The molecule has 0 aliphatic carbocycles. The summed E-state index contributed by atoms with van der Waals surface area (Å²) >= 11 is 0. The zero-order valence-electron chi connectivity index (χ0n) is 12.1. The summed E-state index contributed by atoms with van der Waals surface area (Å²) in [5.74, 6) is 1.09. The lowest BCUT2D eigenvalue weighted by Gasteiger charge is -2.38. The normalized spacial score (nSPS) is 24.2. The third-order valence-electron chi connectivity index (χ3n) is 4.41. The van der Waals surface area contributed by atoms with Crippen molar-refractivity contribution >= 4 is 0 Å². The monoisotopic (exact) mass is 260 g/mol. The van der Waals surface area contributed by atoms with Gasteiger partial charge in [-0.2, -0.15) is 0 Å². The SMILES string of the molecule is CC1CN(C)CCN1CCc1ccc2c(c1)CCO2. The van der Waals surface area contributed by atoms with Crippen molar-refractivity contribution in [3.63, 3.8) is 0 Å². The summed E-state index contributed by atoms with van der Waals surface area (Å²) in [6.07, 6.45) is 2.23. The van der Waals surface area contributed by atoms with Crippen molar-refractivity contribution in [1.29, 1.82) is 0 Å². The van der Waals surface area contributed by atoms with Gasteiger partial charge in [-0.25, -0.2) is 0 Å². The van der Waals surface area contributed by atoms with Crippen LogP contribution in [0.1, 0.15) is 18.1 Å². The van der Waals surface area contributed by atoms with Crippen LogP contribution in [0.3, 0.4) is 0 Å². The van der Waals surface area contributed by atoms with Crippen molar-refractivity contribution in [2.24, 2.45) is 0 Å². The Bertz CT molecular complexity index is 446. The zero-order valence-corrected chi connectivity index (χ0v) is 12.1. The lowest BCUT2D eigenvalue weighted by atomic mass is 10.1. The third kappa shape index (κ3) is 2.93. The first kappa shape index (κ1) is 12.9. The van der Waals surface area contributed by atoms with Gasteiger partial charge in [0.2, 0.25) is 0 Å². The second-order valence-electron chi connectivity index (χ2n) is 5.94. The van der Waals surface area contributed by atoms with E-state index in [0.29, 0.717) is 6.04 Å². The summed E-state index contributed by atoms with van der Waals surface area (Å²) in [5.41, 5.74) is 2.85. The van der Waals surface area contributed by atoms with Gasteiger partial charge in [0, 0.05) is 38.6 Å². The second-order valence-corrected chi connectivity index (χ2v) is 5.94. The van der Waals surface area contributed by atoms with Gasteiger partial charge >= 0.3 is 0 Å². The van der Waals surface area contributed by atoms with Crippen LogP contribution in [0.5, 0.6) is 5.75 Å². The fraction of sp³-hybridized carbons (Fsp3) is 0.625. The molecular formula is C16H24N2O. The molecular weight excluding hydrogens is 236 g/mol. The summed E-state index contributed by atoms with van der Waals surface area (Å²) in [5, 5.41) is 0. The molecule has 1 atom stereocenters. The van der Waals surface area contributed by atoms with Crippen LogP contribution in [0.15, 0.2) is 18.2 Å². The third-order valence-corrected chi connectivity index (χ3v) is 4.41. The van der Waals surface area contributed by atoms with Crippen LogP contribution in [0.2, 0.25) is 0 Å². The second kappa shape index (κ2) is 5.51. The van der Waals surface area contributed by atoms with Gasteiger partial charge in [0.15, 0.2) is 0 Å². The Balaban J connectivity index is 1.57. The molecule has 3 nitrogen and oxygen atoms in total. The van der Waals surface area contributed by atoms with E-state index < -0.39 is 0 Å². The maximum atomic E-state index is 5.56. The van der Waals surface area contributed by atoms with Crippen LogP contribution in [-0.2, 0) is 12.8 Å². The Labute approximate surface area is 116 Å². The molecule has 0 spiro atoms. The Hall–Kier alpha value is -1.06. The van der Waals surface area contributed by atoms with Gasteiger partial charge in [0.05, 0.1) is 6.61 Å². The predicted molar refractivity (Wildman–Crippen MR) is 77.9 cm³/mol. The summed E-state index contributed by atoms with van der Waals surface area (Å²) in [6, 6.07) is 7.38. The van der Waals surface area contributed by atoms with Crippen molar-refractivity contribution in [2.75, 3.05) is 39.8 Å². The van der Waals surface area contributed by atoms with E-state index in [2.05, 4.69) is 42.0 Å². The van der Waals surface area contributed by atoms with Gasteiger partial charge in [0.25, 0.3) is 0 Å². The molecule has 19 heavy (non-hydrogen) atoms. The average Bonchev–Trinajstić information content (AvgIpc) is 2.85. The molecule has 1 aromatic rings. The molecule has 2 aliphatic rings. The number of nitrogens with zero attached hydrogens (tertiary/aromatic N) is 2. The number of piperazine rings is 1. The maximum Gasteiger partial charge on any atom is 0.122 e. The number of ether oxygens (including phenoxy) is 1. The molecule has 1 fully saturated rings. The molecule has 0 radical (unpaired) electrons. The Morgan fingerprint density at radius 1 is 1.32 bits per heavy atom. The standard InChI is InChI=1S/C16H24N2O/c1-13-12-17(2)8-9-18(13)7-5-14-3-4-16-15(11-14)6-10-19-16/h3-4,11,13H,5-10,12H2,1-2H3. The largest absolute Gasteiger partial charge is 0.493 e. The van der Waals surface area contributed by atoms with Crippen molar-refractivity contribution in [3.8, 4) is 5.75 Å². The lowest BCUT2D eigenvalue weighted by molar-refractivity contribution is 0.101. The molecule has 2 heterocycles. The molecule has 0 N–H and O–H groups in total. The molecule has 0 aromatic heterocycles. The molecule has 0 bridgehead atoms. The minimum Gasteiger partial charge on any atom is -0.493 e. The van der Waals surface area contributed by atoms with Gasteiger partial charge < -0.3 is 9.64 Å². The number of rotatable bonds is 3. The van der Waals surface area contributed by atoms with Crippen LogP contribution in [0, 0.1) is 0 Å². The quantitative estimate of drug-likeness (QED) is 0.824. The van der Waals surface area contributed by atoms with E-state index >= 15 is 0 Å². The Kier molecular flexibility index (Phi) is 3.76. The first-order valence-electron chi connectivity index (χ1n) is 7.39. The van der Waals surface area contributed by atoms with Crippen molar-refractivity contribution < 1.29 is 4.74 Å². The van der Waals surface area contributed by atoms with E-state index in [1.54, 1.807) is 0 Å². The fourth-order valence-electron chi connectivity index (χ4n) is 3.18. The smallest absolute Gasteiger partial charge is 0.122 e. The first-order chi connectivity index (χ1) is 9.22. The van der Waals surface area contributed by atoms with Crippen LogP contribution in [0.25, 0.3) is 0 Å². The number of hydrogen-bond acceptors (Lipinski definition) is 3. The van der Waals surface area contributed by atoms with Gasteiger partial charge in [-0.15, -0.1) is 0 Å². The van der Waals surface area contributed by atoms with Crippen molar-refractivity contribution in [1.82, 2.24) is 9.80 Å². The van der Waals surface area contributed by atoms with E-state index in [1.807, 2.05) is 0 Å². The highest BCUT2D eigenvalue weighted by molar-refractivity contribution is 5.39. The topological polar surface area (TPSA) is 15.7 Å². The van der Waals surface area contributed by atoms with Crippen LogP contribution >= 0.6 is 0 Å². The fourth-order valence-corrected chi connectivity index (χ4v) is 3.18. The van der Waals surface area contributed by atoms with Gasteiger partial charge in [-0.3, -0.25) is 4.90 Å². The molecule has 1 saturated heterocycles. The summed E-state index contributed by atoms with van der Waals surface area (Å²) in [4.78, 5) is 5.04. The lowest BCUT2D eigenvalue weighted by Crippen LogP contribution is -2.50. The van der Waals surface area contributed by atoms with Crippen LogP contribution in [-0.4, -0.2) is 55.7 Å². The molecule has 0 amide bonds. The number of hydrogen-bond donors (Lipinski definition) is 0. The van der Waals surface area contributed by atoms with E-state index in [4.69, 9.17) is 4.74 Å². The Morgan fingerprint density at radius 2 is 2.21 bits per heavy atom. The van der Waals surface area contributed by atoms with E-state index in [9.17, 15) is 0 Å². The van der Waals surface area contributed by atoms with E-state index in [-0.39, 0.29) is 0 Å². The number of benzene rings is 1. The molecule has 3 heteroatoms. The van der Waals surface area contributed by atoms with Crippen molar-refractivity contribution in [3.05, 3.63) is 29.3 Å². The highest BCUT2D eigenvalue weighted by Gasteiger charge is 2.21. The van der Waals surface area contributed by atoms with Gasteiger partial charge in [-0.05, 0) is 37.6 Å². The van der Waals surface area contributed by atoms with Gasteiger partial charge in [0.1, 0.15) is 5.75 Å². The van der Waals surface area contributed by atoms with Gasteiger partial charge in [-0.1, -0.05) is 12.1 Å². The molecule has 1 aromatic carbocycles. The molecule has 0 saturated carbocycles. The number of fused-ring (bicyclic) bond motifs is 1. The highest BCUT2D eigenvalue weighted by Crippen LogP contribution is 2.26. The van der Waals surface area contributed by atoms with E-state index in [1.165, 1.54) is 37.3 Å². The highest BCUT2D eigenvalue weighted by atomic mass is 16.5. The predicted octanol–water partition coefficient (Wildman–Crippen LogP) is 1.80. The summed E-state index contributed by atoms with van der Waals surface area (Å²) < 4.78 is 5.56. The van der Waals surface area contributed by atoms with E-state index in [0.717, 1.165) is 25.2 Å². The molecule has 2 aliphatic heterocycles. The minimum atomic E-state index is 0.677. The summed E-state index contributed by atoms with van der Waals surface area (Å²) in [7, 11) is 2.22. The molecule has 1 unspecified atom stereocenters. The van der Waals surface area contributed by atoms with Crippen LogP contribution in [0.4, 0.5) is 0 Å². The first-order valence-corrected chi connectivity index (χ1v) is 7.39. The molecule has 3 rings (SSSR count). The average molecular weight is 260 g/mol. The Morgan fingerprint density at radius 3 is 3.05 bits per heavy atom. The maximum absolute atomic E-state index is 5.56. The van der Waals surface area contributed by atoms with Crippen molar-refractivity contribution in [2.45, 2.75) is 25.8 Å². The number of likely N-dealkylation sites (N-methyl/N-ethyl adjacent to an activating group) is 1. The zero-order chi connectivity index (χ0) is 13.2. The minimum absolute atomic E-state index is 0.677. The summed E-state index contributed by atoms with van der Waals surface area (Å²) in [6.45, 7) is 7.96. The van der Waals surface area contributed by atoms with Crippen LogP contribution < -0.4 is 4.74 Å².